The molecule has 2 aromatic rings. The molecule has 2 aromatic carbocycles. The van der Waals surface area contributed by atoms with Crippen LogP contribution in [0, 0.1) is 0 Å². The maximum atomic E-state index is 13.2. The first kappa shape index (κ1) is 25.9. The number of amides is 2. The highest BCUT2D eigenvalue weighted by molar-refractivity contribution is 7.99. The predicted molar refractivity (Wildman–Crippen MR) is 132 cm³/mol. The van der Waals surface area contributed by atoms with Crippen molar-refractivity contribution in [2.24, 2.45) is 0 Å². The largest absolute Gasteiger partial charge is 0.354 e. The first-order valence-electron chi connectivity index (χ1n) is 10.2. The lowest BCUT2D eigenvalue weighted by molar-refractivity contribution is -0.139. The van der Waals surface area contributed by atoms with Gasteiger partial charge in [0.15, 0.2) is 0 Å². The fourth-order valence-electron chi connectivity index (χ4n) is 3.07. The number of nitrogens with one attached hydrogen (secondary N) is 1. The summed E-state index contributed by atoms with van der Waals surface area (Å²) in [7, 11) is 0. The van der Waals surface area contributed by atoms with Crippen LogP contribution in [0.5, 0.6) is 0 Å². The van der Waals surface area contributed by atoms with Crippen LogP contribution in [0.15, 0.2) is 42.5 Å². The Balaban J connectivity index is 2.14. The molecule has 0 aromatic heterocycles. The first-order chi connectivity index (χ1) is 14.9. The van der Waals surface area contributed by atoms with Gasteiger partial charge in [-0.1, -0.05) is 72.9 Å². The molecular weight excluding hydrogens is 475 g/mol. The van der Waals surface area contributed by atoms with Crippen molar-refractivity contribution in [3.63, 3.8) is 0 Å². The topological polar surface area (TPSA) is 49.4 Å². The second-order valence-corrected chi connectivity index (χ2v) is 9.29. The van der Waals surface area contributed by atoms with Crippen LogP contribution in [0.1, 0.15) is 37.8 Å². The molecule has 0 spiro atoms. The van der Waals surface area contributed by atoms with Crippen LogP contribution in [0.2, 0.25) is 15.1 Å². The van der Waals surface area contributed by atoms with Gasteiger partial charge in [-0.3, -0.25) is 9.59 Å². The Morgan fingerprint density at radius 2 is 1.77 bits per heavy atom. The van der Waals surface area contributed by atoms with Gasteiger partial charge in [0.05, 0.1) is 5.75 Å². The molecule has 4 nitrogen and oxygen atoms in total. The van der Waals surface area contributed by atoms with E-state index in [9.17, 15) is 9.59 Å². The number of hydrogen-bond donors (Lipinski definition) is 1. The lowest BCUT2D eigenvalue weighted by Gasteiger charge is -2.31. The zero-order valence-corrected chi connectivity index (χ0v) is 20.8. The molecule has 0 saturated carbocycles. The number of benzene rings is 2. The SMILES string of the molecule is CCCNC(=O)[C@H](CC)N(Cc1ccccc1Cl)C(=O)CSCc1ccc(Cl)cc1Cl. The number of carbonyl (C=O) groups excluding carboxylic acids is 2. The quantitative estimate of drug-likeness (QED) is 0.398. The van der Waals surface area contributed by atoms with Crippen molar-refractivity contribution >= 4 is 58.4 Å². The van der Waals surface area contributed by atoms with Crippen LogP contribution < -0.4 is 5.32 Å². The van der Waals surface area contributed by atoms with Crippen LogP contribution in [0.25, 0.3) is 0 Å². The van der Waals surface area contributed by atoms with E-state index in [0.717, 1.165) is 17.5 Å². The average molecular weight is 502 g/mol. The van der Waals surface area contributed by atoms with Gasteiger partial charge in [0, 0.05) is 33.9 Å². The summed E-state index contributed by atoms with van der Waals surface area (Å²) in [4.78, 5) is 27.6. The molecule has 168 valence electrons. The third-order valence-electron chi connectivity index (χ3n) is 4.73. The lowest BCUT2D eigenvalue weighted by Crippen LogP contribution is -2.49. The standard InChI is InChI=1S/C23H27Cl3N2O2S/c1-3-11-27-23(30)21(4-2)28(13-16-7-5-6-8-19(16)25)22(29)15-31-14-17-9-10-18(24)12-20(17)26/h5-10,12,21H,3-4,11,13-15H2,1-2H3,(H,27,30)/t21-/m0/s1. The zero-order chi connectivity index (χ0) is 22.8. The molecule has 0 heterocycles. The van der Waals surface area contributed by atoms with Gasteiger partial charge in [-0.2, -0.15) is 0 Å². The molecule has 2 amide bonds. The molecule has 8 heteroatoms. The smallest absolute Gasteiger partial charge is 0.242 e. The van der Waals surface area contributed by atoms with Gasteiger partial charge in [0.2, 0.25) is 11.8 Å². The summed E-state index contributed by atoms with van der Waals surface area (Å²) in [6, 6.07) is 12.1. The fraction of sp³-hybridized carbons (Fsp3) is 0.391. The summed E-state index contributed by atoms with van der Waals surface area (Å²) in [5, 5.41) is 4.63. The molecule has 0 radical (unpaired) electrons. The Morgan fingerprint density at radius 3 is 2.42 bits per heavy atom. The van der Waals surface area contributed by atoms with Crippen LogP contribution >= 0.6 is 46.6 Å². The van der Waals surface area contributed by atoms with Crippen LogP contribution in [-0.4, -0.2) is 35.1 Å². The minimum Gasteiger partial charge on any atom is -0.354 e. The number of rotatable bonds is 11. The molecule has 0 bridgehead atoms. The van der Waals surface area contributed by atoms with Crippen LogP contribution in [0.4, 0.5) is 0 Å². The minimum absolute atomic E-state index is 0.117. The maximum Gasteiger partial charge on any atom is 0.242 e. The van der Waals surface area contributed by atoms with Crippen LogP contribution in [0.3, 0.4) is 0 Å². The number of thioether (sulfide) groups is 1. The van der Waals surface area contributed by atoms with E-state index < -0.39 is 6.04 Å². The third kappa shape index (κ3) is 7.90. The summed E-state index contributed by atoms with van der Waals surface area (Å²) in [5.41, 5.74) is 1.72. The number of halogens is 3. The van der Waals surface area contributed by atoms with Crippen LogP contribution in [-0.2, 0) is 21.9 Å². The second-order valence-electron chi connectivity index (χ2n) is 7.06. The molecule has 0 saturated heterocycles. The fourth-order valence-corrected chi connectivity index (χ4v) is 4.73. The second kappa shape index (κ2) is 13.2. The van der Waals surface area contributed by atoms with Gasteiger partial charge in [0.25, 0.3) is 0 Å². The van der Waals surface area contributed by atoms with Gasteiger partial charge in [0.1, 0.15) is 6.04 Å². The van der Waals surface area contributed by atoms with Crippen molar-refractivity contribution in [3.05, 3.63) is 68.7 Å². The molecule has 0 aliphatic rings. The van der Waals surface area contributed by atoms with E-state index >= 15 is 0 Å². The zero-order valence-electron chi connectivity index (χ0n) is 17.7. The maximum absolute atomic E-state index is 13.2. The molecule has 0 aliphatic carbocycles. The van der Waals surface area contributed by atoms with Crippen molar-refractivity contribution < 1.29 is 9.59 Å². The van der Waals surface area contributed by atoms with E-state index in [4.69, 9.17) is 34.8 Å². The molecule has 0 aliphatic heterocycles. The molecule has 31 heavy (non-hydrogen) atoms. The van der Waals surface area contributed by atoms with Gasteiger partial charge >= 0.3 is 0 Å². The van der Waals surface area contributed by atoms with Gasteiger partial charge in [-0.05, 0) is 42.2 Å². The highest BCUT2D eigenvalue weighted by Crippen LogP contribution is 2.26. The molecular formula is C23H27Cl3N2O2S. The number of nitrogens with zero attached hydrogens (tertiary/aromatic N) is 1. The highest BCUT2D eigenvalue weighted by Gasteiger charge is 2.28. The normalized spacial score (nSPS) is 11.8. The van der Waals surface area contributed by atoms with E-state index in [-0.39, 0.29) is 24.1 Å². The van der Waals surface area contributed by atoms with Crippen molar-refractivity contribution in [2.45, 2.75) is 45.0 Å². The van der Waals surface area contributed by atoms with Crippen molar-refractivity contribution in [1.82, 2.24) is 10.2 Å². The summed E-state index contributed by atoms with van der Waals surface area (Å²) in [5.74, 6) is 0.533. The monoisotopic (exact) mass is 500 g/mol. The highest BCUT2D eigenvalue weighted by atomic mass is 35.5. The molecule has 1 N–H and O–H groups in total. The van der Waals surface area contributed by atoms with Crippen molar-refractivity contribution in [2.75, 3.05) is 12.3 Å². The van der Waals surface area contributed by atoms with Gasteiger partial charge < -0.3 is 10.2 Å². The van der Waals surface area contributed by atoms with E-state index in [2.05, 4.69) is 5.32 Å². The Bertz CT molecular complexity index is 895. The van der Waals surface area contributed by atoms with E-state index in [1.165, 1.54) is 11.8 Å². The Hall–Kier alpha value is -1.40. The number of carbonyl (C=O) groups is 2. The van der Waals surface area contributed by atoms with E-state index in [0.29, 0.717) is 33.8 Å². The first-order valence-corrected chi connectivity index (χ1v) is 12.5. The van der Waals surface area contributed by atoms with Gasteiger partial charge in [-0.25, -0.2) is 0 Å². The van der Waals surface area contributed by atoms with E-state index in [1.807, 2.05) is 38.1 Å². The molecule has 2 rings (SSSR count). The summed E-state index contributed by atoms with van der Waals surface area (Å²) in [6.07, 6.45) is 1.34. The Morgan fingerprint density at radius 1 is 1.03 bits per heavy atom. The van der Waals surface area contributed by atoms with Crippen molar-refractivity contribution in [1.29, 1.82) is 0 Å². The summed E-state index contributed by atoms with van der Waals surface area (Å²) < 4.78 is 0. The third-order valence-corrected chi connectivity index (χ3v) is 6.65. The van der Waals surface area contributed by atoms with E-state index in [1.54, 1.807) is 23.1 Å². The molecule has 0 fully saturated rings. The Labute approximate surface area is 203 Å². The van der Waals surface area contributed by atoms with Crippen molar-refractivity contribution in [3.8, 4) is 0 Å². The average Bonchev–Trinajstić information content (AvgIpc) is 2.74. The summed E-state index contributed by atoms with van der Waals surface area (Å²) >= 11 is 20.0. The molecule has 1 atom stereocenters. The minimum atomic E-state index is -0.560. The van der Waals surface area contributed by atoms with Gasteiger partial charge in [-0.15, -0.1) is 11.8 Å². The lowest BCUT2D eigenvalue weighted by atomic mass is 10.1. The predicted octanol–water partition coefficient (Wildman–Crippen LogP) is 6.21. The Kier molecular flexibility index (Phi) is 11.0. The summed E-state index contributed by atoms with van der Waals surface area (Å²) in [6.45, 7) is 4.75. The number of hydrogen-bond acceptors (Lipinski definition) is 3. The molecule has 0 unspecified atom stereocenters.